The van der Waals surface area contributed by atoms with E-state index in [-0.39, 0.29) is 0 Å². The van der Waals surface area contributed by atoms with Gasteiger partial charge in [-0.3, -0.25) is 0 Å². The third-order valence-electron chi connectivity index (χ3n) is 3.27. The van der Waals surface area contributed by atoms with Crippen molar-refractivity contribution in [2.24, 2.45) is 0 Å². The minimum atomic E-state index is 0.859. The van der Waals surface area contributed by atoms with Gasteiger partial charge < -0.3 is 10.6 Å². The first-order valence-corrected chi connectivity index (χ1v) is 7.71. The SMILES string of the molecule is CCNc1cc(Nc2ccc(Br)c3ccccc23)ccn1. The van der Waals surface area contributed by atoms with E-state index in [4.69, 9.17) is 0 Å². The Balaban J connectivity index is 1.98. The molecule has 0 bridgehead atoms. The molecule has 0 atom stereocenters. The maximum Gasteiger partial charge on any atom is 0.127 e. The van der Waals surface area contributed by atoms with Crippen LogP contribution in [0.25, 0.3) is 10.8 Å². The Morgan fingerprint density at radius 2 is 1.86 bits per heavy atom. The van der Waals surface area contributed by atoms with Gasteiger partial charge in [0.05, 0.1) is 0 Å². The van der Waals surface area contributed by atoms with E-state index in [0.29, 0.717) is 0 Å². The number of pyridine rings is 1. The standard InChI is InChI=1S/C17H16BrN3/c1-2-19-17-11-12(9-10-20-17)21-16-8-7-15(18)13-5-3-4-6-14(13)16/h3-11H,2H2,1H3,(H2,19,20,21). The molecule has 0 spiro atoms. The van der Waals surface area contributed by atoms with Gasteiger partial charge in [-0.2, -0.15) is 0 Å². The lowest BCUT2D eigenvalue weighted by Crippen LogP contribution is -2.00. The number of aromatic nitrogens is 1. The van der Waals surface area contributed by atoms with Gasteiger partial charge in [-0.15, -0.1) is 0 Å². The molecule has 0 aliphatic rings. The fraction of sp³-hybridized carbons (Fsp3) is 0.118. The zero-order chi connectivity index (χ0) is 14.7. The summed E-state index contributed by atoms with van der Waals surface area (Å²) >= 11 is 3.60. The number of hydrogen-bond acceptors (Lipinski definition) is 3. The minimum absolute atomic E-state index is 0.859. The van der Waals surface area contributed by atoms with Crippen molar-refractivity contribution in [1.29, 1.82) is 0 Å². The summed E-state index contributed by atoms with van der Waals surface area (Å²) in [5, 5.41) is 9.08. The second-order valence-electron chi connectivity index (χ2n) is 4.73. The molecule has 0 aliphatic heterocycles. The van der Waals surface area contributed by atoms with Crippen molar-refractivity contribution >= 4 is 43.9 Å². The molecule has 4 heteroatoms. The van der Waals surface area contributed by atoms with Crippen LogP contribution in [0.4, 0.5) is 17.2 Å². The van der Waals surface area contributed by atoms with Gasteiger partial charge in [0.1, 0.15) is 5.82 Å². The van der Waals surface area contributed by atoms with Crippen molar-refractivity contribution in [3.63, 3.8) is 0 Å². The van der Waals surface area contributed by atoms with Gasteiger partial charge >= 0.3 is 0 Å². The average Bonchev–Trinajstić information content (AvgIpc) is 2.51. The molecule has 106 valence electrons. The number of benzene rings is 2. The monoisotopic (exact) mass is 341 g/mol. The predicted octanol–water partition coefficient (Wildman–Crippen LogP) is 5.17. The van der Waals surface area contributed by atoms with Crippen molar-refractivity contribution in [2.45, 2.75) is 6.92 Å². The summed E-state index contributed by atoms with van der Waals surface area (Å²) in [6.07, 6.45) is 1.81. The normalized spacial score (nSPS) is 10.6. The molecule has 3 aromatic rings. The Labute approximate surface area is 132 Å². The Morgan fingerprint density at radius 3 is 2.67 bits per heavy atom. The van der Waals surface area contributed by atoms with Crippen molar-refractivity contribution < 1.29 is 0 Å². The maximum absolute atomic E-state index is 4.29. The predicted molar refractivity (Wildman–Crippen MR) is 93.3 cm³/mol. The van der Waals surface area contributed by atoms with Crippen LogP contribution < -0.4 is 10.6 Å². The number of nitrogens with one attached hydrogen (secondary N) is 2. The Hall–Kier alpha value is -2.07. The molecular formula is C17H16BrN3. The number of halogens is 1. The highest BCUT2D eigenvalue weighted by atomic mass is 79.9. The quantitative estimate of drug-likeness (QED) is 0.687. The Morgan fingerprint density at radius 1 is 1.05 bits per heavy atom. The molecular weight excluding hydrogens is 326 g/mol. The van der Waals surface area contributed by atoms with Crippen molar-refractivity contribution in [3.05, 3.63) is 59.2 Å². The third kappa shape index (κ3) is 3.00. The van der Waals surface area contributed by atoms with Crippen LogP contribution in [0.15, 0.2) is 59.2 Å². The highest BCUT2D eigenvalue weighted by molar-refractivity contribution is 9.10. The molecule has 0 saturated heterocycles. The number of rotatable bonds is 4. The van der Waals surface area contributed by atoms with E-state index < -0.39 is 0 Å². The number of nitrogens with zero attached hydrogens (tertiary/aromatic N) is 1. The molecule has 0 unspecified atom stereocenters. The summed E-state index contributed by atoms with van der Waals surface area (Å²) in [7, 11) is 0. The fourth-order valence-electron chi connectivity index (χ4n) is 2.31. The number of anilines is 3. The van der Waals surface area contributed by atoms with Crippen LogP contribution in [-0.2, 0) is 0 Å². The molecule has 1 aromatic heterocycles. The molecule has 21 heavy (non-hydrogen) atoms. The molecule has 0 aliphatic carbocycles. The van der Waals surface area contributed by atoms with Gasteiger partial charge in [0, 0.05) is 40.0 Å². The second kappa shape index (κ2) is 6.14. The lowest BCUT2D eigenvalue weighted by atomic mass is 10.1. The fourth-order valence-corrected chi connectivity index (χ4v) is 2.79. The summed E-state index contributed by atoms with van der Waals surface area (Å²) in [6.45, 7) is 2.92. The molecule has 2 N–H and O–H groups in total. The zero-order valence-electron chi connectivity index (χ0n) is 11.7. The van der Waals surface area contributed by atoms with Crippen LogP contribution >= 0.6 is 15.9 Å². The summed E-state index contributed by atoms with van der Waals surface area (Å²) in [6, 6.07) is 16.5. The Bertz CT molecular complexity index is 771. The smallest absolute Gasteiger partial charge is 0.127 e. The zero-order valence-corrected chi connectivity index (χ0v) is 13.3. The topological polar surface area (TPSA) is 37.0 Å². The van der Waals surface area contributed by atoms with E-state index in [0.717, 1.165) is 28.2 Å². The van der Waals surface area contributed by atoms with Gasteiger partial charge in [0.2, 0.25) is 0 Å². The first-order valence-electron chi connectivity index (χ1n) is 6.92. The van der Waals surface area contributed by atoms with Gasteiger partial charge in [0.15, 0.2) is 0 Å². The van der Waals surface area contributed by atoms with Crippen molar-refractivity contribution in [1.82, 2.24) is 4.98 Å². The second-order valence-corrected chi connectivity index (χ2v) is 5.58. The van der Waals surface area contributed by atoms with E-state index in [1.165, 1.54) is 10.8 Å². The molecule has 0 amide bonds. The highest BCUT2D eigenvalue weighted by Gasteiger charge is 2.04. The lowest BCUT2D eigenvalue weighted by molar-refractivity contribution is 1.16. The molecule has 3 rings (SSSR count). The van der Waals surface area contributed by atoms with Crippen LogP contribution in [-0.4, -0.2) is 11.5 Å². The average molecular weight is 342 g/mol. The summed E-state index contributed by atoms with van der Waals surface area (Å²) in [5.74, 6) is 0.879. The van der Waals surface area contributed by atoms with Gasteiger partial charge in [-0.05, 0) is 30.5 Å². The summed E-state index contributed by atoms with van der Waals surface area (Å²) in [5.41, 5.74) is 2.11. The third-order valence-corrected chi connectivity index (χ3v) is 3.96. The number of fused-ring (bicyclic) bond motifs is 1. The van der Waals surface area contributed by atoms with E-state index >= 15 is 0 Å². The summed E-state index contributed by atoms with van der Waals surface area (Å²) < 4.78 is 1.10. The first kappa shape index (κ1) is 13.9. The largest absolute Gasteiger partial charge is 0.370 e. The molecule has 0 saturated carbocycles. The molecule has 0 fully saturated rings. The van der Waals surface area contributed by atoms with E-state index in [9.17, 15) is 0 Å². The lowest BCUT2D eigenvalue weighted by Gasteiger charge is -2.12. The first-order chi connectivity index (χ1) is 10.3. The van der Waals surface area contributed by atoms with Gasteiger partial charge in [0.25, 0.3) is 0 Å². The van der Waals surface area contributed by atoms with Crippen LogP contribution in [0.2, 0.25) is 0 Å². The molecule has 2 aromatic carbocycles. The Kier molecular flexibility index (Phi) is 4.06. The molecule has 1 heterocycles. The van der Waals surface area contributed by atoms with E-state index in [2.05, 4.69) is 68.8 Å². The van der Waals surface area contributed by atoms with Crippen LogP contribution in [0.3, 0.4) is 0 Å². The van der Waals surface area contributed by atoms with Gasteiger partial charge in [-0.1, -0.05) is 40.2 Å². The number of hydrogen-bond donors (Lipinski definition) is 2. The van der Waals surface area contributed by atoms with Crippen molar-refractivity contribution in [3.8, 4) is 0 Å². The van der Waals surface area contributed by atoms with Crippen molar-refractivity contribution in [2.75, 3.05) is 17.2 Å². The molecule has 0 radical (unpaired) electrons. The minimum Gasteiger partial charge on any atom is -0.370 e. The van der Waals surface area contributed by atoms with E-state index in [1.54, 1.807) is 6.20 Å². The van der Waals surface area contributed by atoms with E-state index in [1.807, 2.05) is 18.2 Å². The van der Waals surface area contributed by atoms with Crippen LogP contribution in [0.5, 0.6) is 0 Å². The molecule has 3 nitrogen and oxygen atoms in total. The summed E-state index contributed by atoms with van der Waals surface area (Å²) in [4.78, 5) is 4.29. The van der Waals surface area contributed by atoms with Crippen LogP contribution in [0, 0.1) is 0 Å². The maximum atomic E-state index is 4.29. The van der Waals surface area contributed by atoms with Crippen LogP contribution in [0.1, 0.15) is 6.92 Å². The van der Waals surface area contributed by atoms with Gasteiger partial charge in [-0.25, -0.2) is 4.98 Å². The highest BCUT2D eigenvalue weighted by Crippen LogP contribution is 2.31.